The fourth-order valence-electron chi connectivity index (χ4n) is 2.12. The zero-order valence-corrected chi connectivity index (χ0v) is 10.2. The van der Waals surface area contributed by atoms with E-state index >= 15 is 0 Å². The van der Waals surface area contributed by atoms with E-state index in [1.807, 2.05) is 11.3 Å². The highest BCUT2D eigenvalue weighted by Crippen LogP contribution is 2.30. The SMILES string of the molecule is CCCCCc1cc2c(s1)CCCC2=O. The molecule has 2 rings (SSSR count). The number of thiophene rings is 1. The van der Waals surface area contributed by atoms with E-state index in [1.54, 1.807) is 0 Å². The van der Waals surface area contributed by atoms with Crippen LogP contribution in [-0.4, -0.2) is 5.78 Å². The first-order chi connectivity index (χ1) is 7.31. The van der Waals surface area contributed by atoms with Gasteiger partial charge in [0.15, 0.2) is 5.78 Å². The van der Waals surface area contributed by atoms with E-state index in [-0.39, 0.29) is 0 Å². The smallest absolute Gasteiger partial charge is 0.164 e. The minimum Gasteiger partial charge on any atom is -0.294 e. The van der Waals surface area contributed by atoms with Crippen molar-refractivity contribution in [2.24, 2.45) is 0 Å². The van der Waals surface area contributed by atoms with E-state index < -0.39 is 0 Å². The summed E-state index contributed by atoms with van der Waals surface area (Å²) in [5.41, 5.74) is 1.04. The molecule has 1 aromatic rings. The largest absolute Gasteiger partial charge is 0.294 e. The standard InChI is InChI=1S/C13H18OS/c1-2-3-4-6-10-9-11-12(14)7-5-8-13(11)15-10/h9H,2-8H2,1H3. The number of fused-ring (bicyclic) bond motifs is 1. The van der Waals surface area contributed by atoms with Crippen molar-refractivity contribution in [2.45, 2.75) is 51.9 Å². The van der Waals surface area contributed by atoms with Crippen LogP contribution in [0.25, 0.3) is 0 Å². The molecule has 2 heteroatoms. The summed E-state index contributed by atoms with van der Waals surface area (Å²) < 4.78 is 0. The van der Waals surface area contributed by atoms with Crippen molar-refractivity contribution in [2.75, 3.05) is 0 Å². The minimum atomic E-state index is 0.370. The van der Waals surface area contributed by atoms with Gasteiger partial charge in [-0.05, 0) is 31.7 Å². The number of carbonyl (C=O) groups is 1. The molecule has 1 heterocycles. The highest BCUT2D eigenvalue weighted by Gasteiger charge is 2.19. The Hall–Kier alpha value is -0.630. The number of unbranched alkanes of at least 4 members (excludes halogenated alkanes) is 2. The highest BCUT2D eigenvalue weighted by molar-refractivity contribution is 7.12. The first kappa shape index (κ1) is 10.9. The molecule has 1 aromatic heterocycles. The molecule has 0 aliphatic heterocycles. The molecule has 0 atom stereocenters. The minimum absolute atomic E-state index is 0.370. The number of carbonyl (C=O) groups excluding carboxylic acids is 1. The Morgan fingerprint density at radius 1 is 1.33 bits per heavy atom. The molecule has 0 radical (unpaired) electrons. The van der Waals surface area contributed by atoms with Crippen molar-refractivity contribution in [3.05, 3.63) is 21.4 Å². The summed E-state index contributed by atoms with van der Waals surface area (Å²) in [7, 11) is 0. The van der Waals surface area contributed by atoms with E-state index in [2.05, 4.69) is 13.0 Å². The van der Waals surface area contributed by atoms with Crippen LogP contribution in [0.4, 0.5) is 0 Å². The van der Waals surface area contributed by atoms with E-state index in [0.717, 1.165) is 24.8 Å². The van der Waals surface area contributed by atoms with Crippen LogP contribution >= 0.6 is 11.3 Å². The Morgan fingerprint density at radius 3 is 2.93 bits per heavy atom. The molecule has 0 saturated carbocycles. The molecular formula is C13H18OS. The average Bonchev–Trinajstić information content (AvgIpc) is 2.63. The van der Waals surface area contributed by atoms with Gasteiger partial charge in [-0.2, -0.15) is 0 Å². The van der Waals surface area contributed by atoms with Crippen LogP contribution in [0.2, 0.25) is 0 Å². The second-order valence-corrected chi connectivity index (χ2v) is 5.50. The van der Waals surface area contributed by atoms with E-state index in [0.29, 0.717) is 5.78 Å². The molecule has 1 aliphatic carbocycles. The lowest BCUT2D eigenvalue weighted by molar-refractivity contribution is 0.0973. The maximum absolute atomic E-state index is 11.6. The lowest BCUT2D eigenvalue weighted by Crippen LogP contribution is -2.06. The van der Waals surface area contributed by atoms with Crippen molar-refractivity contribution in [3.8, 4) is 0 Å². The predicted octanol–water partition coefficient (Wildman–Crippen LogP) is 4.00. The zero-order chi connectivity index (χ0) is 10.7. The maximum Gasteiger partial charge on any atom is 0.164 e. The fourth-order valence-corrected chi connectivity index (χ4v) is 3.39. The van der Waals surface area contributed by atoms with Crippen molar-refractivity contribution in [1.29, 1.82) is 0 Å². The molecule has 0 spiro atoms. The van der Waals surface area contributed by atoms with Gasteiger partial charge >= 0.3 is 0 Å². The maximum atomic E-state index is 11.6. The molecule has 0 saturated heterocycles. The van der Waals surface area contributed by atoms with Crippen LogP contribution in [0.15, 0.2) is 6.07 Å². The second-order valence-electron chi connectivity index (χ2n) is 4.28. The summed E-state index contributed by atoms with van der Waals surface area (Å²) in [5, 5.41) is 0. The Kier molecular flexibility index (Phi) is 3.57. The number of rotatable bonds is 4. The lowest BCUT2D eigenvalue weighted by atomic mass is 9.97. The highest BCUT2D eigenvalue weighted by atomic mass is 32.1. The summed E-state index contributed by atoms with van der Waals surface area (Å²) in [6.45, 7) is 2.23. The third-order valence-electron chi connectivity index (χ3n) is 2.99. The van der Waals surface area contributed by atoms with Crippen molar-refractivity contribution < 1.29 is 4.79 Å². The van der Waals surface area contributed by atoms with Gasteiger partial charge in [-0.15, -0.1) is 11.3 Å². The number of aryl methyl sites for hydroxylation is 2. The molecule has 0 unspecified atom stereocenters. The van der Waals surface area contributed by atoms with Crippen LogP contribution in [-0.2, 0) is 12.8 Å². The van der Waals surface area contributed by atoms with Crippen molar-refractivity contribution >= 4 is 17.1 Å². The molecule has 0 N–H and O–H groups in total. The van der Waals surface area contributed by atoms with Gasteiger partial charge in [0.1, 0.15) is 0 Å². The molecule has 0 aromatic carbocycles. The van der Waals surface area contributed by atoms with Crippen LogP contribution < -0.4 is 0 Å². The average molecular weight is 222 g/mol. The Bertz CT molecular complexity index is 351. The number of ketones is 1. The van der Waals surface area contributed by atoms with Crippen LogP contribution in [0.5, 0.6) is 0 Å². The molecule has 1 aliphatic rings. The summed E-state index contributed by atoms with van der Waals surface area (Å²) in [6, 6.07) is 2.15. The molecule has 1 nitrogen and oxygen atoms in total. The van der Waals surface area contributed by atoms with Crippen LogP contribution in [0, 0.1) is 0 Å². The van der Waals surface area contributed by atoms with Crippen LogP contribution in [0.3, 0.4) is 0 Å². The van der Waals surface area contributed by atoms with Gasteiger partial charge in [-0.25, -0.2) is 0 Å². The normalized spacial score (nSPS) is 15.4. The van der Waals surface area contributed by atoms with Gasteiger partial charge in [-0.3, -0.25) is 4.79 Å². The summed E-state index contributed by atoms with van der Waals surface area (Å²) in [5.74, 6) is 0.370. The molecule has 15 heavy (non-hydrogen) atoms. The first-order valence-corrected chi connectivity index (χ1v) is 6.77. The van der Waals surface area contributed by atoms with Gasteiger partial charge in [-0.1, -0.05) is 19.8 Å². The van der Waals surface area contributed by atoms with Crippen molar-refractivity contribution in [3.63, 3.8) is 0 Å². The molecular weight excluding hydrogens is 204 g/mol. The van der Waals surface area contributed by atoms with E-state index in [1.165, 1.54) is 35.4 Å². The van der Waals surface area contributed by atoms with Gasteiger partial charge in [0.25, 0.3) is 0 Å². The van der Waals surface area contributed by atoms with Gasteiger partial charge < -0.3 is 0 Å². The number of Topliss-reactive ketones (excluding diaryl/α,β-unsaturated/α-hetero) is 1. The predicted molar refractivity (Wildman–Crippen MR) is 64.8 cm³/mol. The van der Waals surface area contributed by atoms with Gasteiger partial charge in [0.05, 0.1) is 0 Å². The molecule has 82 valence electrons. The third-order valence-corrected chi connectivity index (χ3v) is 4.25. The Morgan fingerprint density at radius 2 is 2.20 bits per heavy atom. The first-order valence-electron chi connectivity index (χ1n) is 5.96. The van der Waals surface area contributed by atoms with Gasteiger partial charge in [0.2, 0.25) is 0 Å². The van der Waals surface area contributed by atoms with Gasteiger partial charge in [0, 0.05) is 21.7 Å². The molecule has 0 fully saturated rings. The second kappa shape index (κ2) is 4.93. The zero-order valence-electron chi connectivity index (χ0n) is 9.34. The van der Waals surface area contributed by atoms with Crippen LogP contribution in [0.1, 0.15) is 59.1 Å². The summed E-state index contributed by atoms with van der Waals surface area (Å²) in [6.07, 6.45) is 7.95. The summed E-state index contributed by atoms with van der Waals surface area (Å²) in [4.78, 5) is 14.4. The monoisotopic (exact) mass is 222 g/mol. The number of hydrogen-bond acceptors (Lipinski definition) is 2. The number of hydrogen-bond donors (Lipinski definition) is 0. The third kappa shape index (κ3) is 2.49. The molecule has 0 amide bonds. The fraction of sp³-hybridized carbons (Fsp3) is 0.615. The summed E-state index contributed by atoms with van der Waals surface area (Å²) >= 11 is 1.87. The van der Waals surface area contributed by atoms with Crippen molar-refractivity contribution in [1.82, 2.24) is 0 Å². The molecule has 0 bridgehead atoms. The Balaban J connectivity index is 2.05. The van der Waals surface area contributed by atoms with E-state index in [4.69, 9.17) is 0 Å². The Labute approximate surface area is 95.5 Å². The quantitative estimate of drug-likeness (QED) is 0.704. The lowest BCUT2D eigenvalue weighted by Gasteiger charge is -2.07. The topological polar surface area (TPSA) is 17.1 Å². The van der Waals surface area contributed by atoms with E-state index in [9.17, 15) is 4.79 Å².